The van der Waals surface area contributed by atoms with Crippen LogP contribution in [0.25, 0.3) is 5.69 Å². The van der Waals surface area contributed by atoms with Gasteiger partial charge in [-0.2, -0.15) is 0 Å². The minimum atomic E-state index is -3.80. The Hall–Kier alpha value is -3.43. The van der Waals surface area contributed by atoms with E-state index in [1.165, 1.54) is 12.1 Å². The summed E-state index contributed by atoms with van der Waals surface area (Å²) in [6, 6.07) is 14.4. The lowest BCUT2D eigenvalue weighted by molar-refractivity contribution is 0.0470. The second kappa shape index (κ2) is 9.37. The van der Waals surface area contributed by atoms with Gasteiger partial charge in [0.1, 0.15) is 11.3 Å². The number of primary sulfonamides is 1. The zero-order valence-electron chi connectivity index (χ0n) is 18.0. The molecule has 0 bridgehead atoms. The molecular formula is C23H24N2O6S. The van der Waals surface area contributed by atoms with Gasteiger partial charge in [-0.05, 0) is 63.2 Å². The second-order valence-electron chi connectivity index (χ2n) is 7.09. The zero-order valence-corrected chi connectivity index (χ0v) is 18.8. The molecule has 0 fully saturated rings. The van der Waals surface area contributed by atoms with E-state index in [0.29, 0.717) is 29.3 Å². The Kier molecular flexibility index (Phi) is 6.81. The quantitative estimate of drug-likeness (QED) is 0.411. The van der Waals surface area contributed by atoms with Crippen LogP contribution in [0.1, 0.15) is 39.0 Å². The Labute approximate surface area is 186 Å². The van der Waals surface area contributed by atoms with Gasteiger partial charge in [0.15, 0.2) is 6.61 Å². The van der Waals surface area contributed by atoms with Crippen LogP contribution in [-0.2, 0) is 14.8 Å². The van der Waals surface area contributed by atoms with Crippen LogP contribution in [0.5, 0.6) is 5.75 Å². The molecule has 0 atom stereocenters. The molecule has 0 unspecified atom stereocenters. The predicted octanol–water partition coefficient (Wildman–Crippen LogP) is 3.18. The van der Waals surface area contributed by atoms with Crippen molar-refractivity contribution < 1.29 is 27.5 Å². The van der Waals surface area contributed by atoms with Gasteiger partial charge in [0.2, 0.25) is 15.8 Å². The topological polar surface area (TPSA) is 118 Å². The molecule has 9 heteroatoms. The summed E-state index contributed by atoms with van der Waals surface area (Å²) in [6.45, 7) is 5.37. The second-order valence-corrected chi connectivity index (χ2v) is 8.65. The number of benzene rings is 2. The lowest BCUT2D eigenvalue weighted by atomic mass is 10.1. The standard InChI is InChI=1S/C23H24N2O6S/c1-4-30-22-8-6-5-7-19(22)23(27)31-14-21(26)20-13-15(2)25(16(20)3)17-9-11-18(12-10-17)32(24,28)29/h5-13H,4,14H2,1-3H3,(H2,24,28,29). The molecule has 3 aromatic rings. The molecule has 1 heterocycles. The van der Waals surface area contributed by atoms with Crippen molar-refractivity contribution in [2.45, 2.75) is 25.7 Å². The first-order valence-electron chi connectivity index (χ1n) is 9.87. The van der Waals surface area contributed by atoms with Crippen LogP contribution in [0.3, 0.4) is 0 Å². The smallest absolute Gasteiger partial charge is 0.342 e. The highest BCUT2D eigenvalue weighted by molar-refractivity contribution is 7.89. The molecule has 0 saturated carbocycles. The van der Waals surface area contributed by atoms with E-state index in [1.807, 2.05) is 18.4 Å². The SMILES string of the molecule is CCOc1ccccc1C(=O)OCC(=O)c1cc(C)n(-c2ccc(S(N)(=O)=O)cc2)c1C. The van der Waals surface area contributed by atoms with Crippen molar-refractivity contribution in [3.8, 4) is 11.4 Å². The number of sulfonamides is 1. The number of Topliss-reactive ketones (excluding diaryl/α,β-unsaturated/α-hetero) is 1. The lowest BCUT2D eigenvalue weighted by Gasteiger charge is -2.11. The van der Waals surface area contributed by atoms with Gasteiger partial charge in [0.05, 0.1) is 11.5 Å². The van der Waals surface area contributed by atoms with Crippen molar-refractivity contribution in [2.24, 2.45) is 5.14 Å². The molecule has 0 saturated heterocycles. The predicted molar refractivity (Wildman–Crippen MR) is 119 cm³/mol. The number of hydrogen-bond acceptors (Lipinski definition) is 6. The number of aryl methyl sites for hydroxylation is 1. The molecule has 1 aromatic heterocycles. The maximum absolute atomic E-state index is 12.8. The molecule has 0 radical (unpaired) electrons. The van der Waals surface area contributed by atoms with Crippen LogP contribution < -0.4 is 9.88 Å². The highest BCUT2D eigenvalue weighted by atomic mass is 32.2. The number of ketones is 1. The average molecular weight is 457 g/mol. The van der Waals surface area contributed by atoms with Gasteiger partial charge in [-0.1, -0.05) is 12.1 Å². The van der Waals surface area contributed by atoms with E-state index in [-0.39, 0.29) is 16.2 Å². The van der Waals surface area contributed by atoms with Crippen LogP contribution in [0.15, 0.2) is 59.5 Å². The number of esters is 1. The van der Waals surface area contributed by atoms with Gasteiger partial charge in [0.25, 0.3) is 0 Å². The number of ether oxygens (including phenoxy) is 2. The molecule has 3 rings (SSSR count). The van der Waals surface area contributed by atoms with Crippen molar-refractivity contribution in [3.05, 3.63) is 77.1 Å². The van der Waals surface area contributed by atoms with Gasteiger partial charge < -0.3 is 14.0 Å². The fraction of sp³-hybridized carbons (Fsp3) is 0.217. The van der Waals surface area contributed by atoms with Crippen LogP contribution in [0, 0.1) is 13.8 Å². The summed E-state index contributed by atoms with van der Waals surface area (Å²) in [4.78, 5) is 25.2. The van der Waals surface area contributed by atoms with Crippen LogP contribution >= 0.6 is 0 Å². The summed E-state index contributed by atoms with van der Waals surface area (Å²) in [5.41, 5.74) is 2.74. The number of nitrogens with zero attached hydrogens (tertiary/aromatic N) is 1. The first kappa shape index (κ1) is 23.2. The van der Waals surface area contributed by atoms with Gasteiger partial charge in [-0.15, -0.1) is 0 Å². The molecule has 0 aliphatic rings. The summed E-state index contributed by atoms with van der Waals surface area (Å²) in [6.07, 6.45) is 0. The first-order valence-corrected chi connectivity index (χ1v) is 11.4. The van der Waals surface area contributed by atoms with Crippen molar-refractivity contribution in [1.82, 2.24) is 4.57 Å². The number of hydrogen-bond donors (Lipinski definition) is 1. The van der Waals surface area contributed by atoms with Crippen molar-refractivity contribution in [2.75, 3.05) is 13.2 Å². The van der Waals surface area contributed by atoms with Crippen LogP contribution in [0.4, 0.5) is 0 Å². The summed E-state index contributed by atoms with van der Waals surface area (Å²) in [5.74, 6) is -0.601. The molecule has 2 N–H and O–H groups in total. The molecule has 0 aliphatic heterocycles. The molecule has 0 aliphatic carbocycles. The van der Waals surface area contributed by atoms with E-state index < -0.39 is 22.6 Å². The van der Waals surface area contributed by atoms with Crippen molar-refractivity contribution in [3.63, 3.8) is 0 Å². The van der Waals surface area contributed by atoms with Crippen molar-refractivity contribution >= 4 is 21.8 Å². The van der Waals surface area contributed by atoms with E-state index in [4.69, 9.17) is 14.6 Å². The summed E-state index contributed by atoms with van der Waals surface area (Å²) < 4.78 is 35.4. The average Bonchev–Trinajstić information content (AvgIpc) is 3.06. The molecule has 2 aromatic carbocycles. The lowest BCUT2D eigenvalue weighted by Crippen LogP contribution is -2.16. The van der Waals surface area contributed by atoms with E-state index in [1.54, 1.807) is 49.4 Å². The van der Waals surface area contributed by atoms with E-state index in [2.05, 4.69) is 0 Å². The normalized spacial score (nSPS) is 11.2. The molecule has 8 nitrogen and oxygen atoms in total. The summed E-state index contributed by atoms with van der Waals surface area (Å²) >= 11 is 0. The highest BCUT2D eigenvalue weighted by Crippen LogP contribution is 2.23. The third kappa shape index (κ3) is 4.90. The fourth-order valence-corrected chi connectivity index (χ4v) is 3.95. The molecule has 0 amide bonds. The van der Waals surface area contributed by atoms with Gasteiger partial charge in [-0.3, -0.25) is 4.79 Å². The fourth-order valence-electron chi connectivity index (χ4n) is 3.43. The number of carbonyl (C=O) groups is 2. The Morgan fingerprint density at radius 1 is 1.00 bits per heavy atom. The Balaban J connectivity index is 1.78. The van der Waals surface area contributed by atoms with E-state index in [9.17, 15) is 18.0 Å². The van der Waals surface area contributed by atoms with Gasteiger partial charge >= 0.3 is 5.97 Å². The number of para-hydroxylation sites is 1. The third-order valence-electron chi connectivity index (χ3n) is 4.90. The molecular weight excluding hydrogens is 432 g/mol. The van der Waals surface area contributed by atoms with Gasteiger partial charge in [-0.25, -0.2) is 18.4 Å². The third-order valence-corrected chi connectivity index (χ3v) is 5.83. The summed E-state index contributed by atoms with van der Waals surface area (Å²) in [7, 11) is -3.80. The molecule has 32 heavy (non-hydrogen) atoms. The zero-order chi connectivity index (χ0) is 23.5. The largest absolute Gasteiger partial charge is 0.493 e. The molecule has 0 spiro atoms. The van der Waals surface area contributed by atoms with Crippen molar-refractivity contribution in [1.29, 1.82) is 0 Å². The van der Waals surface area contributed by atoms with E-state index >= 15 is 0 Å². The van der Waals surface area contributed by atoms with Crippen LogP contribution in [0.2, 0.25) is 0 Å². The number of rotatable bonds is 8. The van der Waals surface area contributed by atoms with E-state index in [0.717, 1.165) is 5.69 Å². The number of nitrogens with two attached hydrogens (primary N) is 1. The molecule has 168 valence electrons. The minimum absolute atomic E-state index is 0.000687. The maximum atomic E-state index is 12.8. The first-order chi connectivity index (χ1) is 15.1. The van der Waals surface area contributed by atoms with Gasteiger partial charge in [0, 0.05) is 22.6 Å². The highest BCUT2D eigenvalue weighted by Gasteiger charge is 2.20. The number of aromatic nitrogens is 1. The Morgan fingerprint density at radius 3 is 2.28 bits per heavy atom. The minimum Gasteiger partial charge on any atom is -0.493 e. The Morgan fingerprint density at radius 2 is 1.66 bits per heavy atom. The maximum Gasteiger partial charge on any atom is 0.342 e. The van der Waals surface area contributed by atoms with Crippen LogP contribution in [-0.4, -0.2) is 38.0 Å². The Bertz CT molecular complexity index is 1260. The monoisotopic (exact) mass is 456 g/mol. The summed E-state index contributed by atoms with van der Waals surface area (Å²) in [5, 5.41) is 5.15. The number of carbonyl (C=O) groups excluding carboxylic acids is 2.